The Balaban J connectivity index is 1.44. The van der Waals surface area contributed by atoms with Crippen molar-refractivity contribution in [2.24, 2.45) is 0 Å². The maximum atomic E-state index is 13.0. The molecule has 0 fully saturated rings. The van der Waals surface area contributed by atoms with Crippen LogP contribution in [0.4, 0.5) is 13.2 Å². The maximum absolute atomic E-state index is 13.0. The van der Waals surface area contributed by atoms with Gasteiger partial charge in [-0.15, -0.1) is 11.3 Å². The van der Waals surface area contributed by atoms with Crippen molar-refractivity contribution in [1.82, 2.24) is 0 Å². The fourth-order valence-corrected chi connectivity index (χ4v) is 4.51. The first-order chi connectivity index (χ1) is 16.7. The van der Waals surface area contributed by atoms with E-state index in [-0.39, 0.29) is 5.56 Å². The Hall–Kier alpha value is -3.54. The highest BCUT2D eigenvalue weighted by molar-refractivity contribution is 7.13. The van der Waals surface area contributed by atoms with Crippen LogP contribution in [0.2, 0.25) is 5.02 Å². The van der Waals surface area contributed by atoms with Gasteiger partial charge >= 0.3 is 6.18 Å². The Labute approximate surface area is 208 Å². The van der Waals surface area contributed by atoms with Gasteiger partial charge in [0.05, 0.1) is 11.6 Å². The minimum Gasteiger partial charge on any atom is -0.483 e. The summed E-state index contributed by atoms with van der Waals surface area (Å²) >= 11 is 7.51. The highest BCUT2D eigenvalue weighted by atomic mass is 35.5. The lowest BCUT2D eigenvalue weighted by Crippen LogP contribution is -2.29. The van der Waals surface area contributed by atoms with Crippen LogP contribution in [0.1, 0.15) is 24.0 Å². The molecule has 0 saturated heterocycles. The van der Waals surface area contributed by atoms with E-state index in [2.05, 4.69) is 0 Å². The number of thiophene rings is 1. The number of Topliss-reactive ketones (excluding diaryl/α,β-unsaturated/α-hetero) is 1. The molecule has 2 unspecified atom stereocenters. The second-order valence-corrected chi connectivity index (χ2v) is 8.95. The molecular formula is C26H17ClF3NO3S. The van der Waals surface area contributed by atoms with Crippen molar-refractivity contribution in [3.8, 4) is 22.6 Å². The fourth-order valence-electron chi connectivity index (χ4n) is 3.45. The lowest BCUT2D eigenvalue weighted by molar-refractivity contribution is -0.137. The van der Waals surface area contributed by atoms with Gasteiger partial charge in [0.2, 0.25) is 0 Å². The SMILES string of the molecule is CC(Oc1ccc(Oc2scc3ccc(Cl)cc23)cc1)C(=O)C(C#N)c1cccc(C(F)(F)F)c1. The maximum Gasteiger partial charge on any atom is 0.416 e. The summed E-state index contributed by atoms with van der Waals surface area (Å²) in [6, 6.07) is 18.1. The third kappa shape index (κ3) is 5.59. The van der Waals surface area contributed by atoms with E-state index in [9.17, 15) is 23.2 Å². The second kappa shape index (κ2) is 9.98. The molecular weight excluding hydrogens is 499 g/mol. The van der Waals surface area contributed by atoms with Crippen LogP contribution in [0.5, 0.6) is 16.6 Å². The average molecular weight is 516 g/mol. The molecule has 4 rings (SSSR count). The van der Waals surface area contributed by atoms with Crippen LogP contribution in [-0.2, 0) is 11.0 Å². The number of ether oxygens (including phenoxy) is 2. The first kappa shape index (κ1) is 24.6. The van der Waals surface area contributed by atoms with E-state index in [4.69, 9.17) is 21.1 Å². The zero-order valence-electron chi connectivity index (χ0n) is 18.2. The molecule has 4 nitrogen and oxygen atoms in total. The molecule has 0 bridgehead atoms. The third-order valence-corrected chi connectivity index (χ3v) is 6.36. The third-order valence-electron chi connectivity index (χ3n) is 5.24. The van der Waals surface area contributed by atoms with Crippen molar-refractivity contribution in [3.63, 3.8) is 0 Å². The van der Waals surface area contributed by atoms with Crippen LogP contribution in [0.15, 0.2) is 72.1 Å². The van der Waals surface area contributed by atoms with Crippen molar-refractivity contribution in [3.05, 3.63) is 88.3 Å². The number of rotatable bonds is 7. The van der Waals surface area contributed by atoms with E-state index >= 15 is 0 Å². The van der Waals surface area contributed by atoms with Gasteiger partial charge in [-0.2, -0.15) is 18.4 Å². The van der Waals surface area contributed by atoms with Gasteiger partial charge in [-0.05, 0) is 60.3 Å². The monoisotopic (exact) mass is 515 g/mol. The minimum absolute atomic E-state index is 0.0326. The molecule has 35 heavy (non-hydrogen) atoms. The number of nitrogens with zero attached hydrogens (tertiary/aromatic N) is 1. The summed E-state index contributed by atoms with van der Waals surface area (Å²) in [6.07, 6.45) is -5.64. The highest BCUT2D eigenvalue weighted by Crippen LogP contribution is 2.38. The van der Waals surface area contributed by atoms with Crippen LogP contribution in [-0.4, -0.2) is 11.9 Å². The van der Waals surface area contributed by atoms with Crippen molar-refractivity contribution in [2.45, 2.75) is 25.1 Å². The zero-order valence-corrected chi connectivity index (χ0v) is 19.7. The largest absolute Gasteiger partial charge is 0.483 e. The summed E-state index contributed by atoms with van der Waals surface area (Å²) in [6.45, 7) is 1.45. The number of benzene rings is 3. The van der Waals surface area contributed by atoms with Crippen LogP contribution in [0, 0.1) is 11.3 Å². The van der Waals surface area contributed by atoms with Gasteiger partial charge in [0.1, 0.15) is 17.4 Å². The Morgan fingerprint density at radius 2 is 1.77 bits per heavy atom. The molecule has 0 spiro atoms. The van der Waals surface area contributed by atoms with E-state index in [1.807, 2.05) is 17.5 Å². The molecule has 178 valence electrons. The Morgan fingerprint density at radius 3 is 2.46 bits per heavy atom. The first-order valence-corrected chi connectivity index (χ1v) is 11.6. The lowest BCUT2D eigenvalue weighted by atomic mass is 9.92. The fraction of sp³-hybridized carbons (Fsp3) is 0.154. The summed E-state index contributed by atoms with van der Waals surface area (Å²) in [5, 5.41) is 14.6. The zero-order chi connectivity index (χ0) is 25.2. The van der Waals surface area contributed by atoms with Crippen molar-refractivity contribution in [1.29, 1.82) is 5.26 Å². The number of hydrogen-bond acceptors (Lipinski definition) is 5. The quantitative estimate of drug-likeness (QED) is 0.250. The summed E-state index contributed by atoms with van der Waals surface area (Å²) in [5.41, 5.74) is -0.956. The van der Waals surface area contributed by atoms with Gasteiger partial charge in [-0.3, -0.25) is 4.79 Å². The van der Waals surface area contributed by atoms with Gasteiger partial charge in [0.15, 0.2) is 17.0 Å². The molecule has 0 aliphatic carbocycles. The molecule has 0 amide bonds. The van der Waals surface area contributed by atoms with Gasteiger partial charge in [-0.1, -0.05) is 35.9 Å². The highest BCUT2D eigenvalue weighted by Gasteiger charge is 2.33. The molecule has 4 aromatic rings. The van der Waals surface area contributed by atoms with Crippen molar-refractivity contribution < 1.29 is 27.4 Å². The Bertz CT molecular complexity index is 1410. The van der Waals surface area contributed by atoms with Crippen molar-refractivity contribution in [2.75, 3.05) is 0 Å². The summed E-state index contributed by atoms with van der Waals surface area (Å²) in [7, 11) is 0. The number of fused-ring (bicyclic) bond motifs is 1. The van der Waals surface area contributed by atoms with E-state index < -0.39 is 29.5 Å². The predicted molar refractivity (Wildman–Crippen MR) is 128 cm³/mol. The number of carbonyl (C=O) groups is 1. The van der Waals surface area contributed by atoms with Gasteiger partial charge in [0, 0.05) is 15.8 Å². The van der Waals surface area contributed by atoms with Gasteiger partial charge in [0.25, 0.3) is 0 Å². The van der Waals surface area contributed by atoms with E-state index in [0.29, 0.717) is 21.6 Å². The van der Waals surface area contributed by atoms with Crippen LogP contribution in [0.3, 0.4) is 0 Å². The summed E-state index contributed by atoms with van der Waals surface area (Å²) < 4.78 is 50.7. The molecule has 0 radical (unpaired) electrons. The van der Waals surface area contributed by atoms with E-state index in [1.165, 1.54) is 30.4 Å². The molecule has 0 N–H and O–H groups in total. The van der Waals surface area contributed by atoms with Gasteiger partial charge in [-0.25, -0.2) is 0 Å². The summed E-state index contributed by atoms with van der Waals surface area (Å²) in [5.74, 6) is -1.15. The number of carbonyl (C=O) groups excluding carboxylic acids is 1. The molecule has 0 aliphatic heterocycles. The first-order valence-electron chi connectivity index (χ1n) is 10.4. The molecule has 1 aromatic heterocycles. The van der Waals surface area contributed by atoms with E-state index in [0.717, 1.165) is 22.9 Å². The van der Waals surface area contributed by atoms with E-state index in [1.54, 1.807) is 36.4 Å². The second-order valence-electron chi connectivity index (χ2n) is 7.68. The number of ketones is 1. The lowest BCUT2D eigenvalue weighted by Gasteiger charge is -2.18. The Kier molecular flexibility index (Phi) is 7.01. The van der Waals surface area contributed by atoms with Crippen LogP contribution < -0.4 is 9.47 Å². The number of halogens is 4. The number of nitriles is 1. The van der Waals surface area contributed by atoms with Gasteiger partial charge < -0.3 is 9.47 Å². The molecule has 1 heterocycles. The number of alkyl halides is 3. The predicted octanol–water partition coefficient (Wildman–Crippen LogP) is 8.01. The summed E-state index contributed by atoms with van der Waals surface area (Å²) in [4.78, 5) is 12.8. The number of hydrogen-bond donors (Lipinski definition) is 0. The van der Waals surface area contributed by atoms with Crippen molar-refractivity contribution >= 4 is 39.5 Å². The smallest absolute Gasteiger partial charge is 0.416 e. The molecule has 0 saturated carbocycles. The Morgan fingerprint density at radius 1 is 1.06 bits per heavy atom. The molecule has 3 aromatic carbocycles. The van der Waals surface area contributed by atoms with Crippen LogP contribution in [0.25, 0.3) is 10.8 Å². The molecule has 0 aliphatic rings. The van der Waals surface area contributed by atoms with Crippen LogP contribution >= 0.6 is 22.9 Å². The minimum atomic E-state index is -4.58. The molecule has 9 heteroatoms. The molecule has 2 atom stereocenters. The topological polar surface area (TPSA) is 59.3 Å². The average Bonchev–Trinajstić information content (AvgIpc) is 3.22. The standard InChI is InChI=1S/C26H17ClF3NO3S/c1-15(24(32)23(13-31)16-3-2-4-18(11-16)26(28,29)30)33-20-7-9-21(10-8-20)34-25-22-12-19(27)6-5-17(22)14-35-25/h2-12,14-15,23H,1H3. The normalized spacial score (nSPS) is 13.1.